The predicted molar refractivity (Wildman–Crippen MR) is 88.6 cm³/mol. The Kier molecular flexibility index (Phi) is 6.23. The average Bonchev–Trinajstić information content (AvgIpc) is 2.53. The van der Waals surface area contributed by atoms with Crippen molar-refractivity contribution < 1.29 is 9.47 Å². The second-order valence-electron chi connectivity index (χ2n) is 4.30. The Bertz CT molecular complexity index is 553. The van der Waals surface area contributed by atoms with Gasteiger partial charge in [0.15, 0.2) is 11.5 Å². The molecule has 0 radical (unpaired) electrons. The third-order valence-corrected chi connectivity index (χ3v) is 4.14. The van der Waals surface area contributed by atoms with Crippen molar-refractivity contribution in [3.63, 3.8) is 0 Å². The molecule has 0 aliphatic rings. The number of rotatable bonds is 7. The van der Waals surface area contributed by atoms with Crippen molar-refractivity contribution in [2.45, 2.75) is 11.4 Å². The molecule has 0 saturated heterocycles. The number of para-hydroxylation sites is 1. The fourth-order valence-electron chi connectivity index (χ4n) is 1.88. The second-order valence-corrected chi connectivity index (χ2v) is 5.91. The van der Waals surface area contributed by atoms with E-state index in [4.69, 9.17) is 26.8 Å². The molecule has 2 aromatic rings. The molecule has 0 aliphatic heterocycles. The molecule has 2 N–H and O–H groups in total. The van der Waals surface area contributed by atoms with Crippen LogP contribution < -0.4 is 15.2 Å². The van der Waals surface area contributed by atoms with Crippen molar-refractivity contribution in [2.75, 3.05) is 19.5 Å². The van der Waals surface area contributed by atoms with Crippen LogP contribution in [0.2, 0.25) is 5.02 Å². The Labute approximate surface area is 134 Å². The summed E-state index contributed by atoms with van der Waals surface area (Å²) in [6.45, 7) is 1.01. The van der Waals surface area contributed by atoms with E-state index in [0.29, 0.717) is 13.2 Å². The van der Waals surface area contributed by atoms with Crippen molar-refractivity contribution in [3.8, 4) is 11.5 Å². The molecule has 2 rings (SSSR count). The maximum atomic E-state index is 5.86. The lowest BCUT2D eigenvalue weighted by Crippen LogP contribution is -2.06. The van der Waals surface area contributed by atoms with E-state index in [2.05, 4.69) is 0 Å². The highest BCUT2D eigenvalue weighted by Crippen LogP contribution is 2.31. The van der Waals surface area contributed by atoms with E-state index in [0.717, 1.165) is 27.8 Å². The van der Waals surface area contributed by atoms with Gasteiger partial charge in [-0.15, -0.1) is 11.8 Å². The number of nitrogens with two attached hydrogens (primary N) is 1. The molecular weight excluding hydrogens is 306 g/mol. The molecule has 0 amide bonds. The maximum absolute atomic E-state index is 5.86. The van der Waals surface area contributed by atoms with Gasteiger partial charge in [0.2, 0.25) is 0 Å². The van der Waals surface area contributed by atoms with Crippen LogP contribution in [0.15, 0.2) is 47.4 Å². The van der Waals surface area contributed by atoms with Gasteiger partial charge in [-0.2, -0.15) is 0 Å². The standard InChI is InChI=1S/C16H18ClNO2S/c1-19-15-4-2-3-12(11-18)16(15)20-9-10-21-14-7-5-13(17)6-8-14/h2-8H,9-11,18H2,1H3. The molecule has 0 spiro atoms. The van der Waals surface area contributed by atoms with E-state index in [-0.39, 0.29) is 0 Å². The maximum Gasteiger partial charge on any atom is 0.165 e. The summed E-state index contributed by atoms with van der Waals surface area (Å²) in [7, 11) is 1.63. The summed E-state index contributed by atoms with van der Waals surface area (Å²) in [6, 6.07) is 13.5. The monoisotopic (exact) mass is 323 g/mol. The van der Waals surface area contributed by atoms with Gasteiger partial charge < -0.3 is 15.2 Å². The molecule has 21 heavy (non-hydrogen) atoms. The smallest absolute Gasteiger partial charge is 0.165 e. The quantitative estimate of drug-likeness (QED) is 0.618. The first-order valence-corrected chi connectivity index (χ1v) is 7.98. The van der Waals surface area contributed by atoms with Crippen LogP contribution in [0.3, 0.4) is 0 Å². The first kappa shape index (κ1) is 16.0. The summed E-state index contributed by atoms with van der Waals surface area (Å²) in [6.07, 6.45) is 0. The van der Waals surface area contributed by atoms with Crippen LogP contribution in [0.4, 0.5) is 0 Å². The fourth-order valence-corrected chi connectivity index (χ4v) is 2.74. The zero-order chi connectivity index (χ0) is 15.1. The molecule has 3 nitrogen and oxygen atoms in total. The molecule has 0 heterocycles. The van der Waals surface area contributed by atoms with Crippen LogP contribution in [0.5, 0.6) is 11.5 Å². The first-order chi connectivity index (χ1) is 10.2. The summed E-state index contributed by atoms with van der Waals surface area (Å²) in [4.78, 5) is 1.17. The lowest BCUT2D eigenvalue weighted by molar-refractivity contribution is 0.310. The van der Waals surface area contributed by atoms with Crippen molar-refractivity contribution >= 4 is 23.4 Å². The van der Waals surface area contributed by atoms with Crippen LogP contribution in [-0.2, 0) is 6.54 Å². The van der Waals surface area contributed by atoms with E-state index in [1.807, 2.05) is 42.5 Å². The molecule has 0 fully saturated rings. The molecular formula is C16H18ClNO2S. The highest BCUT2D eigenvalue weighted by atomic mass is 35.5. The van der Waals surface area contributed by atoms with Crippen LogP contribution in [0.25, 0.3) is 0 Å². The molecule has 5 heteroatoms. The van der Waals surface area contributed by atoms with E-state index >= 15 is 0 Å². The summed E-state index contributed by atoms with van der Waals surface area (Å²) in [5.41, 5.74) is 6.68. The number of ether oxygens (including phenoxy) is 2. The lowest BCUT2D eigenvalue weighted by atomic mass is 10.2. The van der Waals surface area contributed by atoms with Gasteiger partial charge in [-0.1, -0.05) is 23.7 Å². The summed E-state index contributed by atoms with van der Waals surface area (Å²) in [5, 5.41) is 0.747. The van der Waals surface area contributed by atoms with Crippen LogP contribution in [0, 0.1) is 0 Å². The second kappa shape index (κ2) is 8.17. The summed E-state index contributed by atoms with van der Waals surface area (Å²) in [5.74, 6) is 2.29. The van der Waals surface area contributed by atoms with Crippen molar-refractivity contribution in [3.05, 3.63) is 53.1 Å². The van der Waals surface area contributed by atoms with Crippen molar-refractivity contribution in [2.24, 2.45) is 5.73 Å². The Morgan fingerprint density at radius 1 is 1.14 bits per heavy atom. The highest BCUT2D eigenvalue weighted by Gasteiger charge is 2.09. The Balaban J connectivity index is 1.90. The average molecular weight is 324 g/mol. The third kappa shape index (κ3) is 4.56. The first-order valence-electron chi connectivity index (χ1n) is 6.61. The molecule has 0 saturated carbocycles. The molecule has 0 unspecified atom stereocenters. The zero-order valence-corrected chi connectivity index (χ0v) is 13.4. The minimum absolute atomic E-state index is 0.427. The van der Waals surface area contributed by atoms with E-state index < -0.39 is 0 Å². The SMILES string of the molecule is COc1cccc(CN)c1OCCSc1ccc(Cl)cc1. The van der Waals surface area contributed by atoms with Gasteiger partial charge in [-0.05, 0) is 30.3 Å². The largest absolute Gasteiger partial charge is 0.493 e. The number of halogens is 1. The minimum atomic E-state index is 0.427. The molecule has 0 aliphatic carbocycles. The van der Waals surface area contributed by atoms with Crippen LogP contribution >= 0.6 is 23.4 Å². The Morgan fingerprint density at radius 3 is 2.57 bits per heavy atom. The van der Waals surface area contributed by atoms with Gasteiger partial charge in [0.1, 0.15) is 0 Å². The topological polar surface area (TPSA) is 44.5 Å². The van der Waals surface area contributed by atoms with Gasteiger partial charge in [-0.3, -0.25) is 0 Å². The highest BCUT2D eigenvalue weighted by molar-refractivity contribution is 7.99. The Hall–Kier alpha value is -1.36. The van der Waals surface area contributed by atoms with E-state index in [9.17, 15) is 0 Å². The van der Waals surface area contributed by atoms with Crippen LogP contribution in [0.1, 0.15) is 5.56 Å². The minimum Gasteiger partial charge on any atom is -0.493 e. The van der Waals surface area contributed by atoms with Crippen molar-refractivity contribution in [1.29, 1.82) is 0 Å². The van der Waals surface area contributed by atoms with Gasteiger partial charge in [0, 0.05) is 27.8 Å². The van der Waals surface area contributed by atoms with Crippen LogP contribution in [-0.4, -0.2) is 19.5 Å². The zero-order valence-electron chi connectivity index (χ0n) is 11.8. The number of hydrogen-bond acceptors (Lipinski definition) is 4. The van der Waals surface area contributed by atoms with E-state index in [1.165, 1.54) is 4.90 Å². The van der Waals surface area contributed by atoms with E-state index in [1.54, 1.807) is 18.9 Å². The van der Waals surface area contributed by atoms with Gasteiger partial charge >= 0.3 is 0 Å². The number of hydrogen-bond donors (Lipinski definition) is 1. The Morgan fingerprint density at radius 2 is 1.90 bits per heavy atom. The number of thioether (sulfide) groups is 1. The molecule has 0 aromatic heterocycles. The predicted octanol–water partition coefficient (Wildman–Crippen LogP) is 3.98. The number of methoxy groups -OCH3 is 1. The fraction of sp³-hybridized carbons (Fsp3) is 0.250. The molecule has 0 atom stereocenters. The lowest BCUT2D eigenvalue weighted by Gasteiger charge is -2.14. The number of benzene rings is 2. The molecule has 2 aromatic carbocycles. The van der Waals surface area contributed by atoms with Gasteiger partial charge in [0.25, 0.3) is 0 Å². The summed E-state index contributed by atoms with van der Waals surface area (Å²) < 4.78 is 11.2. The normalized spacial score (nSPS) is 10.4. The van der Waals surface area contributed by atoms with Gasteiger partial charge in [0.05, 0.1) is 13.7 Å². The molecule has 0 bridgehead atoms. The van der Waals surface area contributed by atoms with Crippen molar-refractivity contribution in [1.82, 2.24) is 0 Å². The summed E-state index contributed by atoms with van der Waals surface area (Å²) >= 11 is 7.58. The van der Waals surface area contributed by atoms with Gasteiger partial charge in [-0.25, -0.2) is 0 Å². The molecule has 112 valence electrons. The third-order valence-electron chi connectivity index (χ3n) is 2.91.